The number of H-pyrrole nitrogens is 1. The van der Waals surface area contributed by atoms with Crippen molar-refractivity contribution in [1.29, 1.82) is 0 Å². The first-order valence-corrected chi connectivity index (χ1v) is 6.86. The average molecular weight is 321 g/mol. The number of fused-ring (bicyclic) bond motifs is 1. The van der Waals surface area contributed by atoms with Crippen LogP contribution in [0.25, 0.3) is 10.9 Å². The van der Waals surface area contributed by atoms with Gasteiger partial charge in [-0.15, -0.1) is 0 Å². The highest BCUT2D eigenvalue weighted by Gasteiger charge is 2.10. The van der Waals surface area contributed by atoms with Crippen molar-refractivity contribution >= 4 is 44.3 Å². The van der Waals surface area contributed by atoms with Crippen LogP contribution >= 0.6 is 27.7 Å². The molecule has 1 aromatic carbocycles. The molecule has 2 heterocycles. The molecule has 4 nitrogen and oxygen atoms in total. The van der Waals surface area contributed by atoms with Gasteiger partial charge in [0.2, 0.25) is 0 Å². The zero-order valence-corrected chi connectivity index (χ0v) is 11.6. The second-order valence-corrected chi connectivity index (χ2v) is 5.62. The minimum Gasteiger partial charge on any atom is -0.397 e. The van der Waals surface area contributed by atoms with Crippen molar-refractivity contribution in [3.05, 3.63) is 41.3 Å². The summed E-state index contributed by atoms with van der Waals surface area (Å²) in [5.41, 5.74) is 7.59. The van der Waals surface area contributed by atoms with Crippen molar-refractivity contribution < 1.29 is 0 Å². The lowest BCUT2D eigenvalue weighted by Crippen LogP contribution is -1.92. The number of halogens is 1. The molecule has 0 saturated heterocycles. The third-order valence-electron chi connectivity index (χ3n) is 2.48. The second-order valence-electron chi connectivity index (χ2n) is 3.70. The van der Waals surface area contributed by atoms with Gasteiger partial charge in [0.25, 0.3) is 0 Å². The molecule has 0 fully saturated rings. The highest BCUT2D eigenvalue weighted by atomic mass is 79.9. The number of nitrogens with zero attached hydrogens (tertiary/aromatic N) is 2. The summed E-state index contributed by atoms with van der Waals surface area (Å²) in [6.07, 6.45) is 5.19. The van der Waals surface area contributed by atoms with E-state index in [9.17, 15) is 0 Å². The van der Waals surface area contributed by atoms with Gasteiger partial charge in [0.05, 0.1) is 17.4 Å². The molecule has 6 heteroatoms. The number of aromatic nitrogens is 3. The van der Waals surface area contributed by atoms with Crippen LogP contribution in [0.1, 0.15) is 0 Å². The third kappa shape index (κ3) is 2.09. The van der Waals surface area contributed by atoms with Crippen molar-refractivity contribution in [2.24, 2.45) is 0 Å². The van der Waals surface area contributed by atoms with Crippen molar-refractivity contribution in [2.45, 2.75) is 10.1 Å². The SMILES string of the molecule is Nc1cnc2ccc(Br)cc2c1Sc1ncc[nH]1. The molecule has 0 radical (unpaired) electrons. The summed E-state index contributed by atoms with van der Waals surface area (Å²) < 4.78 is 1.00. The molecule has 0 amide bonds. The Bertz CT molecular complexity index is 691. The Hall–Kier alpha value is -1.53. The number of imidazole rings is 1. The minimum absolute atomic E-state index is 0.655. The first kappa shape index (κ1) is 11.6. The predicted octanol–water partition coefficient (Wildman–Crippen LogP) is 3.45. The van der Waals surface area contributed by atoms with Gasteiger partial charge >= 0.3 is 0 Å². The molecule has 0 spiro atoms. The van der Waals surface area contributed by atoms with E-state index in [1.54, 1.807) is 18.6 Å². The summed E-state index contributed by atoms with van der Waals surface area (Å²) in [6, 6.07) is 5.95. The van der Waals surface area contributed by atoms with Gasteiger partial charge in [0.1, 0.15) is 0 Å². The fourth-order valence-corrected chi connectivity index (χ4v) is 2.91. The van der Waals surface area contributed by atoms with Crippen LogP contribution in [0.3, 0.4) is 0 Å². The van der Waals surface area contributed by atoms with E-state index in [2.05, 4.69) is 30.9 Å². The number of rotatable bonds is 2. The molecule has 3 aromatic rings. The van der Waals surface area contributed by atoms with Gasteiger partial charge in [-0.3, -0.25) is 4.98 Å². The summed E-state index contributed by atoms with van der Waals surface area (Å²) in [5, 5.41) is 1.83. The van der Waals surface area contributed by atoms with E-state index in [4.69, 9.17) is 5.73 Å². The Morgan fingerprint density at radius 3 is 2.94 bits per heavy atom. The van der Waals surface area contributed by atoms with Crippen LogP contribution in [-0.4, -0.2) is 15.0 Å². The fraction of sp³-hybridized carbons (Fsp3) is 0. The number of nitrogen functional groups attached to an aromatic ring is 1. The van der Waals surface area contributed by atoms with Crippen molar-refractivity contribution in [3.8, 4) is 0 Å². The number of anilines is 1. The first-order chi connectivity index (χ1) is 8.74. The Kier molecular flexibility index (Phi) is 2.97. The van der Waals surface area contributed by atoms with Gasteiger partial charge in [-0.2, -0.15) is 0 Å². The minimum atomic E-state index is 0.655. The molecular formula is C12H9BrN4S. The number of nitrogens with one attached hydrogen (secondary N) is 1. The molecular weight excluding hydrogens is 312 g/mol. The Morgan fingerprint density at radius 2 is 2.17 bits per heavy atom. The first-order valence-electron chi connectivity index (χ1n) is 5.25. The number of aromatic amines is 1. The average Bonchev–Trinajstić information content (AvgIpc) is 2.86. The van der Waals surface area contributed by atoms with E-state index in [1.807, 2.05) is 18.2 Å². The number of nitrogens with two attached hydrogens (primary N) is 1. The molecule has 2 aromatic heterocycles. The fourth-order valence-electron chi connectivity index (χ4n) is 1.67. The summed E-state index contributed by atoms with van der Waals surface area (Å²) >= 11 is 4.97. The quantitative estimate of drug-likeness (QED) is 0.758. The number of hydrogen-bond donors (Lipinski definition) is 2. The Labute approximate surface area is 116 Å². The molecule has 3 rings (SSSR count). The highest BCUT2D eigenvalue weighted by molar-refractivity contribution is 9.10. The zero-order valence-electron chi connectivity index (χ0n) is 9.22. The van der Waals surface area contributed by atoms with Gasteiger partial charge in [0.15, 0.2) is 5.16 Å². The molecule has 0 unspecified atom stereocenters. The van der Waals surface area contributed by atoms with Crippen LogP contribution in [0.2, 0.25) is 0 Å². The van der Waals surface area contributed by atoms with Crippen LogP contribution in [0.15, 0.2) is 51.3 Å². The maximum Gasteiger partial charge on any atom is 0.170 e. The summed E-state index contributed by atoms with van der Waals surface area (Å²) in [7, 11) is 0. The molecule has 18 heavy (non-hydrogen) atoms. The van der Waals surface area contributed by atoms with E-state index in [-0.39, 0.29) is 0 Å². The molecule has 90 valence electrons. The predicted molar refractivity (Wildman–Crippen MR) is 76.6 cm³/mol. The van der Waals surface area contributed by atoms with E-state index in [0.29, 0.717) is 5.69 Å². The van der Waals surface area contributed by atoms with Crippen LogP contribution < -0.4 is 5.73 Å². The lowest BCUT2D eigenvalue weighted by atomic mass is 10.2. The molecule has 0 bridgehead atoms. The summed E-state index contributed by atoms with van der Waals surface area (Å²) in [4.78, 5) is 12.5. The van der Waals surface area contributed by atoms with Gasteiger partial charge < -0.3 is 10.7 Å². The van der Waals surface area contributed by atoms with Gasteiger partial charge in [-0.05, 0) is 30.0 Å². The van der Waals surface area contributed by atoms with Crippen LogP contribution in [0, 0.1) is 0 Å². The molecule has 3 N–H and O–H groups in total. The van der Waals surface area contributed by atoms with E-state index >= 15 is 0 Å². The van der Waals surface area contributed by atoms with Crippen molar-refractivity contribution in [3.63, 3.8) is 0 Å². The third-order valence-corrected chi connectivity index (χ3v) is 4.05. The standard InChI is InChI=1S/C12H9BrN4S/c13-7-1-2-10-8(5-7)11(9(14)6-17-10)18-12-15-3-4-16-12/h1-6H,14H2,(H,15,16). The van der Waals surface area contributed by atoms with Gasteiger partial charge in [-0.1, -0.05) is 15.9 Å². The Balaban J connectivity index is 2.19. The molecule has 0 saturated carbocycles. The highest BCUT2D eigenvalue weighted by Crippen LogP contribution is 2.36. The van der Waals surface area contributed by atoms with Crippen LogP contribution in [-0.2, 0) is 0 Å². The van der Waals surface area contributed by atoms with E-state index < -0.39 is 0 Å². The number of pyridine rings is 1. The van der Waals surface area contributed by atoms with Gasteiger partial charge in [0, 0.05) is 27.1 Å². The Morgan fingerprint density at radius 1 is 1.28 bits per heavy atom. The monoisotopic (exact) mass is 320 g/mol. The summed E-state index contributed by atoms with van der Waals surface area (Å²) in [6.45, 7) is 0. The maximum absolute atomic E-state index is 6.01. The molecule has 0 aliphatic rings. The topological polar surface area (TPSA) is 67.6 Å². The second kappa shape index (κ2) is 4.62. The smallest absolute Gasteiger partial charge is 0.170 e. The molecule has 0 aliphatic heterocycles. The normalized spacial score (nSPS) is 10.9. The lowest BCUT2D eigenvalue weighted by molar-refractivity contribution is 1.06. The van der Waals surface area contributed by atoms with Crippen molar-refractivity contribution in [2.75, 3.05) is 5.73 Å². The van der Waals surface area contributed by atoms with Crippen LogP contribution in [0.4, 0.5) is 5.69 Å². The lowest BCUT2D eigenvalue weighted by Gasteiger charge is -2.07. The largest absolute Gasteiger partial charge is 0.397 e. The molecule has 0 aliphatic carbocycles. The van der Waals surface area contributed by atoms with Crippen LogP contribution in [0.5, 0.6) is 0 Å². The molecule has 0 atom stereocenters. The maximum atomic E-state index is 6.01. The van der Waals surface area contributed by atoms with Crippen molar-refractivity contribution in [1.82, 2.24) is 15.0 Å². The van der Waals surface area contributed by atoms with E-state index in [0.717, 1.165) is 25.4 Å². The zero-order chi connectivity index (χ0) is 12.5. The summed E-state index contributed by atoms with van der Waals surface area (Å²) in [5.74, 6) is 0. The van der Waals surface area contributed by atoms with E-state index in [1.165, 1.54) is 11.8 Å². The number of benzene rings is 1. The van der Waals surface area contributed by atoms with Gasteiger partial charge in [-0.25, -0.2) is 4.98 Å². The number of hydrogen-bond acceptors (Lipinski definition) is 4.